The second-order valence-electron chi connectivity index (χ2n) is 7.17. The van der Waals surface area contributed by atoms with Crippen LogP contribution in [0.4, 0.5) is 0 Å². The highest BCUT2D eigenvalue weighted by Gasteiger charge is 2.22. The third-order valence-corrected chi connectivity index (χ3v) is 5.22. The molecule has 30 heavy (non-hydrogen) atoms. The second kappa shape index (κ2) is 11.1. The molecule has 0 radical (unpaired) electrons. The van der Waals surface area contributed by atoms with Crippen LogP contribution in [0.25, 0.3) is 0 Å². The molecule has 8 heteroatoms. The Hall–Kier alpha value is -2.38. The summed E-state index contributed by atoms with van der Waals surface area (Å²) in [6, 6.07) is 6.61. The maximum Gasteiger partial charge on any atom is 0.338 e. The number of nitrogens with one attached hydrogen (secondary N) is 1. The molecule has 0 spiro atoms. The van der Waals surface area contributed by atoms with Crippen molar-refractivity contribution in [2.45, 2.75) is 45.6 Å². The topological polar surface area (TPSA) is 82.5 Å². The van der Waals surface area contributed by atoms with Crippen LogP contribution in [0.2, 0.25) is 5.02 Å². The quantitative estimate of drug-likeness (QED) is 0.557. The van der Waals surface area contributed by atoms with Gasteiger partial charge in [0.25, 0.3) is 5.91 Å². The second-order valence-corrected chi connectivity index (χ2v) is 7.60. The van der Waals surface area contributed by atoms with Gasteiger partial charge >= 0.3 is 5.97 Å². The van der Waals surface area contributed by atoms with Crippen molar-refractivity contribution in [3.05, 3.63) is 51.8 Å². The average Bonchev–Trinajstić information content (AvgIpc) is 3.08. The van der Waals surface area contributed by atoms with E-state index in [1.165, 1.54) is 0 Å². The number of nitrogens with zero attached hydrogens (tertiary/aromatic N) is 2. The van der Waals surface area contributed by atoms with Crippen molar-refractivity contribution in [1.82, 2.24) is 15.1 Å². The van der Waals surface area contributed by atoms with Crippen molar-refractivity contribution >= 4 is 23.5 Å². The van der Waals surface area contributed by atoms with Crippen LogP contribution in [0.5, 0.6) is 0 Å². The maximum absolute atomic E-state index is 12.7. The third kappa shape index (κ3) is 5.83. The number of esters is 1. The molecule has 7 nitrogen and oxygen atoms in total. The van der Waals surface area contributed by atoms with Gasteiger partial charge in [0, 0.05) is 37.7 Å². The summed E-state index contributed by atoms with van der Waals surface area (Å²) in [5.74, 6) is -0.443. The Kier molecular flexibility index (Phi) is 8.28. The van der Waals surface area contributed by atoms with Crippen molar-refractivity contribution in [2.24, 2.45) is 0 Å². The van der Waals surface area contributed by atoms with Gasteiger partial charge < -0.3 is 14.8 Å². The predicted octanol–water partition coefficient (Wildman–Crippen LogP) is 3.43. The Balaban J connectivity index is 1.64. The molecule has 0 fully saturated rings. The van der Waals surface area contributed by atoms with E-state index in [1.807, 2.05) is 11.6 Å². The molecule has 3 rings (SSSR count). The van der Waals surface area contributed by atoms with Gasteiger partial charge in [-0.15, -0.1) is 0 Å². The van der Waals surface area contributed by atoms with Crippen LogP contribution in [-0.2, 0) is 28.9 Å². The largest absolute Gasteiger partial charge is 0.462 e. The molecule has 1 aromatic heterocycles. The van der Waals surface area contributed by atoms with Crippen LogP contribution >= 0.6 is 11.6 Å². The monoisotopic (exact) mass is 433 g/mol. The molecule has 0 saturated heterocycles. The van der Waals surface area contributed by atoms with Gasteiger partial charge in [-0.05, 0) is 49.9 Å². The number of carbonyl (C=O) groups is 2. The molecule has 0 atom stereocenters. The summed E-state index contributed by atoms with van der Waals surface area (Å²) < 4.78 is 12.9. The fraction of sp³-hybridized carbons (Fsp3) is 0.500. The van der Waals surface area contributed by atoms with Crippen molar-refractivity contribution in [3.63, 3.8) is 0 Å². The highest BCUT2D eigenvalue weighted by Crippen LogP contribution is 2.19. The van der Waals surface area contributed by atoms with E-state index in [2.05, 4.69) is 10.4 Å². The van der Waals surface area contributed by atoms with E-state index in [1.54, 1.807) is 24.3 Å². The lowest BCUT2D eigenvalue weighted by Crippen LogP contribution is -2.26. The molecule has 1 aliphatic heterocycles. The molecule has 0 unspecified atom stereocenters. The van der Waals surface area contributed by atoms with Crippen LogP contribution in [0.15, 0.2) is 24.3 Å². The van der Waals surface area contributed by atoms with Crippen LogP contribution in [0, 0.1) is 0 Å². The first-order valence-corrected chi connectivity index (χ1v) is 10.8. The molecule has 2 heterocycles. The van der Waals surface area contributed by atoms with E-state index >= 15 is 0 Å². The summed E-state index contributed by atoms with van der Waals surface area (Å²) in [5.41, 5.74) is 2.90. The van der Waals surface area contributed by atoms with Gasteiger partial charge in [-0.3, -0.25) is 9.48 Å². The molecule has 1 amide bonds. The van der Waals surface area contributed by atoms with E-state index in [0.29, 0.717) is 55.3 Å². The van der Waals surface area contributed by atoms with Gasteiger partial charge in [0.1, 0.15) is 0 Å². The van der Waals surface area contributed by atoms with E-state index in [0.717, 1.165) is 30.7 Å². The summed E-state index contributed by atoms with van der Waals surface area (Å²) in [6.45, 7) is 4.76. The first kappa shape index (κ1) is 22.3. The lowest BCUT2D eigenvalue weighted by atomic mass is 10.1. The van der Waals surface area contributed by atoms with Gasteiger partial charge in [-0.25, -0.2) is 4.79 Å². The summed E-state index contributed by atoms with van der Waals surface area (Å²) in [5, 5.41) is 8.22. The summed E-state index contributed by atoms with van der Waals surface area (Å²) in [6.07, 6.45) is 3.65. The summed E-state index contributed by atoms with van der Waals surface area (Å²) in [7, 11) is 0. The van der Waals surface area contributed by atoms with Crippen molar-refractivity contribution < 1.29 is 19.1 Å². The first-order chi connectivity index (χ1) is 14.6. The zero-order valence-electron chi connectivity index (χ0n) is 17.3. The number of fused-ring (bicyclic) bond motifs is 1. The normalized spacial score (nSPS) is 15.1. The molecule has 1 aromatic carbocycles. The van der Waals surface area contributed by atoms with Gasteiger partial charge in [-0.2, -0.15) is 5.10 Å². The molecule has 0 aliphatic carbocycles. The maximum atomic E-state index is 12.7. The fourth-order valence-corrected chi connectivity index (χ4v) is 3.58. The molecule has 1 N–H and O–H groups in total. The number of carbonyl (C=O) groups excluding carboxylic acids is 2. The molecule has 2 aromatic rings. The molecular formula is C22H28ClN3O4. The minimum Gasteiger partial charge on any atom is -0.462 e. The standard InChI is InChI=1S/C22H28ClN3O4/c1-2-18-20-19(6-3-13-29-14-4-11-24-21(20)27)26(25-18)12-5-15-30-22(28)16-7-9-17(23)10-8-16/h7-10H,2-6,11-15H2,1H3,(H,24,27). The molecule has 0 saturated carbocycles. The minimum absolute atomic E-state index is 0.0656. The minimum atomic E-state index is -0.378. The number of halogens is 1. The average molecular weight is 434 g/mol. The zero-order chi connectivity index (χ0) is 21.3. The number of benzene rings is 1. The number of hydrogen-bond acceptors (Lipinski definition) is 5. The van der Waals surface area contributed by atoms with E-state index in [9.17, 15) is 9.59 Å². The molecule has 1 aliphatic rings. The number of hydrogen-bond donors (Lipinski definition) is 1. The molecular weight excluding hydrogens is 406 g/mol. The molecule has 0 bridgehead atoms. The van der Waals surface area contributed by atoms with Gasteiger partial charge in [-0.1, -0.05) is 18.5 Å². The Morgan fingerprint density at radius 1 is 1.27 bits per heavy atom. The Labute approximate surface area is 181 Å². The van der Waals surface area contributed by atoms with E-state index < -0.39 is 0 Å². The smallest absolute Gasteiger partial charge is 0.338 e. The van der Waals surface area contributed by atoms with Gasteiger partial charge in [0.15, 0.2) is 0 Å². The fourth-order valence-electron chi connectivity index (χ4n) is 3.46. The van der Waals surface area contributed by atoms with Crippen LogP contribution in [0.1, 0.15) is 58.3 Å². The highest BCUT2D eigenvalue weighted by molar-refractivity contribution is 6.30. The third-order valence-electron chi connectivity index (χ3n) is 4.97. The van der Waals surface area contributed by atoms with Crippen LogP contribution < -0.4 is 5.32 Å². The Morgan fingerprint density at radius 3 is 2.80 bits per heavy atom. The first-order valence-electron chi connectivity index (χ1n) is 10.5. The lowest BCUT2D eigenvalue weighted by molar-refractivity contribution is 0.0494. The lowest BCUT2D eigenvalue weighted by Gasteiger charge is -2.10. The number of aromatic nitrogens is 2. The van der Waals surface area contributed by atoms with E-state index in [-0.39, 0.29) is 18.5 Å². The van der Waals surface area contributed by atoms with Crippen molar-refractivity contribution in [2.75, 3.05) is 26.4 Å². The number of rotatable bonds is 6. The van der Waals surface area contributed by atoms with Crippen LogP contribution in [-0.4, -0.2) is 48.0 Å². The number of amides is 1. The van der Waals surface area contributed by atoms with Gasteiger partial charge in [0.05, 0.1) is 29.1 Å². The van der Waals surface area contributed by atoms with Crippen LogP contribution in [0.3, 0.4) is 0 Å². The SMILES string of the molecule is CCc1nn(CCCOC(=O)c2ccc(Cl)cc2)c2c1C(=O)NCCCOCCC2. The molecule has 162 valence electrons. The predicted molar refractivity (Wildman–Crippen MR) is 114 cm³/mol. The number of ether oxygens (including phenoxy) is 2. The zero-order valence-corrected chi connectivity index (χ0v) is 18.0. The summed E-state index contributed by atoms with van der Waals surface area (Å²) >= 11 is 5.85. The number of aryl methyl sites for hydroxylation is 2. The van der Waals surface area contributed by atoms with Crippen molar-refractivity contribution in [3.8, 4) is 0 Å². The van der Waals surface area contributed by atoms with Crippen molar-refractivity contribution in [1.29, 1.82) is 0 Å². The van der Waals surface area contributed by atoms with E-state index in [4.69, 9.17) is 21.1 Å². The van der Waals surface area contributed by atoms with Gasteiger partial charge in [0.2, 0.25) is 0 Å². The Morgan fingerprint density at radius 2 is 2.03 bits per heavy atom. The summed E-state index contributed by atoms with van der Waals surface area (Å²) in [4.78, 5) is 24.9. The Bertz CT molecular complexity index is 864. The highest BCUT2D eigenvalue weighted by atomic mass is 35.5.